The first-order valence-corrected chi connectivity index (χ1v) is 10.9. The first kappa shape index (κ1) is 21.0. The highest BCUT2D eigenvalue weighted by atomic mass is 16.5. The average Bonchev–Trinajstić information content (AvgIpc) is 3.15. The fraction of sp³-hybridized carbons (Fsp3) is 0.346. The Morgan fingerprint density at radius 1 is 1.16 bits per heavy atom. The number of methoxy groups -OCH3 is 1. The van der Waals surface area contributed by atoms with Crippen LogP contribution < -0.4 is 14.8 Å². The summed E-state index contributed by atoms with van der Waals surface area (Å²) >= 11 is 0. The molecule has 0 unspecified atom stereocenters. The highest BCUT2D eigenvalue weighted by Crippen LogP contribution is 2.38. The van der Waals surface area contributed by atoms with Gasteiger partial charge in [0.05, 0.1) is 13.7 Å². The third-order valence-electron chi connectivity index (χ3n) is 5.76. The second-order valence-corrected chi connectivity index (χ2v) is 7.88. The van der Waals surface area contributed by atoms with Crippen molar-refractivity contribution in [3.8, 4) is 11.5 Å². The molecule has 2 aromatic carbocycles. The number of rotatable bonds is 7. The fourth-order valence-electron chi connectivity index (χ4n) is 4.13. The van der Waals surface area contributed by atoms with Crippen molar-refractivity contribution in [3.63, 3.8) is 0 Å². The van der Waals surface area contributed by atoms with Crippen LogP contribution in [0.5, 0.6) is 11.5 Å². The summed E-state index contributed by atoms with van der Waals surface area (Å²) < 4.78 is 17.2. The molecule has 1 amide bonds. The second kappa shape index (κ2) is 9.29. The van der Waals surface area contributed by atoms with Gasteiger partial charge in [-0.2, -0.15) is 0 Å². The molecule has 1 heterocycles. The fourth-order valence-corrected chi connectivity index (χ4v) is 4.13. The van der Waals surface area contributed by atoms with Gasteiger partial charge in [-0.05, 0) is 62.4 Å². The zero-order valence-electron chi connectivity index (χ0n) is 18.4. The minimum absolute atomic E-state index is 0.134. The molecule has 0 atom stereocenters. The van der Waals surface area contributed by atoms with Crippen LogP contribution >= 0.6 is 0 Å². The molecule has 1 aromatic heterocycles. The maximum atomic E-state index is 12.6. The van der Waals surface area contributed by atoms with E-state index < -0.39 is 0 Å². The smallest absolute Gasteiger partial charge is 0.244 e. The van der Waals surface area contributed by atoms with Crippen molar-refractivity contribution in [2.75, 3.05) is 13.7 Å². The molecule has 1 aliphatic rings. The van der Waals surface area contributed by atoms with E-state index in [0.717, 1.165) is 57.8 Å². The molecule has 162 valence electrons. The Morgan fingerprint density at radius 2 is 1.94 bits per heavy atom. The predicted molar refractivity (Wildman–Crippen MR) is 123 cm³/mol. The van der Waals surface area contributed by atoms with E-state index in [4.69, 9.17) is 13.9 Å². The zero-order valence-corrected chi connectivity index (χ0v) is 18.4. The van der Waals surface area contributed by atoms with Gasteiger partial charge >= 0.3 is 0 Å². The highest BCUT2D eigenvalue weighted by molar-refractivity contribution is 5.97. The van der Waals surface area contributed by atoms with Crippen LogP contribution in [0.1, 0.15) is 49.1 Å². The highest BCUT2D eigenvalue weighted by Gasteiger charge is 2.20. The van der Waals surface area contributed by atoms with Crippen molar-refractivity contribution in [2.24, 2.45) is 0 Å². The summed E-state index contributed by atoms with van der Waals surface area (Å²) in [5.41, 5.74) is 4.99. The van der Waals surface area contributed by atoms with E-state index in [1.807, 2.05) is 44.2 Å². The summed E-state index contributed by atoms with van der Waals surface area (Å²) in [4.78, 5) is 12.6. The summed E-state index contributed by atoms with van der Waals surface area (Å²) in [6.45, 7) is 4.92. The number of fused-ring (bicyclic) bond motifs is 3. The number of furan rings is 1. The van der Waals surface area contributed by atoms with E-state index in [-0.39, 0.29) is 5.91 Å². The van der Waals surface area contributed by atoms with Gasteiger partial charge in [-0.3, -0.25) is 4.79 Å². The van der Waals surface area contributed by atoms with Crippen molar-refractivity contribution < 1.29 is 18.7 Å². The summed E-state index contributed by atoms with van der Waals surface area (Å²) in [6.07, 6.45) is 6.03. The second-order valence-electron chi connectivity index (χ2n) is 7.88. The third kappa shape index (κ3) is 4.61. The van der Waals surface area contributed by atoms with Crippen LogP contribution in [0.15, 0.2) is 46.9 Å². The Morgan fingerprint density at radius 3 is 2.68 bits per heavy atom. The molecular weight excluding hydrogens is 390 g/mol. The first-order chi connectivity index (χ1) is 15.1. The van der Waals surface area contributed by atoms with Crippen molar-refractivity contribution in [1.82, 2.24) is 5.32 Å². The Bertz CT molecular complexity index is 1110. The predicted octanol–water partition coefficient (Wildman–Crippen LogP) is 5.44. The molecule has 0 bridgehead atoms. The van der Waals surface area contributed by atoms with Crippen molar-refractivity contribution in [2.45, 2.75) is 46.1 Å². The van der Waals surface area contributed by atoms with Crippen LogP contribution in [0, 0.1) is 0 Å². The molecule has 1 aliphatic carbocycles. The maximum Gasteiger partial charge on any atom is 0.244 e. The van der Waals surface area contributed by atoms with Gasteiger partial charge in [0.2, 0.25) is 5.91 Å². The summed E-state index contributed by atoms with van der Waals surface area (Å²) in [5, 5.41) is 4.09. The maximum absolute atomic E-state index is 12.6. The number of benzene rings is 2. The van der Waals surface area contributed by atoms with Gasteiger partial charge in [0.25, 0.3) is 0 Å². The number of ether oxygens (including phenoxy) is 2. The Kier molecular flexibility index (Phi) is 6.31. The summed E-state index contributed by atoms with van der Waals surface area (Å²) in [6, 6.07) is 11.8. The van der Waals surface area contributed by atoms with Crippen molar-refractivity contribution in [3.05, 3.63) is 64.9 Å². The minimum Gasteiger partial charge on any atom is -0.497 e. The number of carbonyl (C=O) groups excluding carboxylic acids is 1. The number of nitrogens with one attached hydrogen (secondary N) is 1. The molecule has 1 N–H and O–H groups in total. The number of amides is 1. The monoisotopic (exact) mass is 419 g/mol. The minimum atomic E-state index is -0.134. The van der Waals surface area contributed by atoms with E-state index in [1.54, 1.807) is 13.2 Å². The number of hydrogen-bond acceptors (Lipinski definition) is 4. The molecular formula is C26H29NO4. The SMILES string of the molecule is CCOc1cc2oc3c(c2cc1/C(C)=C/C(=O)NCc1ccc(OC)cc1)CCCC3. The van der Waals surface area contributed by atoms with Crippen LogP contribution in [0.4, 0.5) is 0 Å². The Labute approximate surface area is 183 Å². The molecule has 0 aliphatic heterocycles. The van der Waals surface area contributed by atoms with E-state index in [9.17, 15) is 4.79 Å². The van der Waals surface area contributed by atoms with E-state index in [1.165, 1.54) is 18.4 Å². The lowest BCUT2D eigenvalue weighted by molar-refractivity contribution is -0.116. The Balaban J connectivity index is 1.57. The van der Waals surface area contributed by atoms with Gasteiger partial charge in [-0.15, -0.1) is 0 Å². The van der Waals surface area contributed by atoms with Crippen molar-refractivity contribution >= 4 is 22.4 Å². The third-order valence-corrected chi connectivity index (χ3v) is 5.76. The molecule has 4 rings (SSSR count). The lowest BCUT2D eigenvalue weighted by atomic mass is 9.94. The molecule has 0 saturated carbocycles. The summed E-state index contributed by atoms with van der Waals surface area (Å²) in [7, 11) is 1.64. The molecule has 0 fully saturated rings. The largest absolute Gasteiger partial charge is 0.497 e. The zero-order chi connectivity index (χ0) is 21.8. The summed E-state index contributed by atoms with van der Waals surface area (Å²) in [5.74, 6) is 2.51. The van der Waals surface area contributed by atoms with Gasteiger partial charge in [-0.25, -0.2) is 0 Å². The van der Waals surface area contributed by atoms with Crippen LogP contribution in [-0.2, 0) is 24.2 Å². The molecule has 0 radical (unpaired) electrons. The number of allylic oxidation sites excluding steroid dienone is 1. The molecule has 0 saturated heterocycles. The molecule has 3 aromatic rings. The molecule has 31 heavy (non-hydrogen) atoms. The topological polar surface area (TPSA) is 60.7 Å². The number of carbonyl (C=O) groups is 1. The first-order valence-electron chi connectivity index (χ1n) is 10.9. The Hall–Kier alpha value is -3.21. The quantitative estimate of drug-likeness (QED) is 0.518. The lowest BCUT2D eigenvalue weighted by Gasteiger charge is -2.12. The van der Waals surface area contributed by atoms with Crippen LogP contribution in [0.2, 0.25) is 0 Å². The number of hydrogen-bond donors (Lipinski definition) is 1. The van der Waals surface area contributed by atoms with E-state index in [2.05, 4.69) is 11.4 Å². The average molecular weight is 420 g/mol. The van der Waals surface area contributed by atoms with Gasteiger partial charge in [0.1, 0.15) is 22.8 Å². The van der Waals surface area contributed by atoms with Crippen LogP contribution in [0.3, 0.4) is 0 Å². The standard InChI is InChI=1S/C26H29NO4/c1-4-30-24-15-25-22(20-7-5-6-8-23(20)31-25)14-21(24)17(2)13-26(28)27-16-18-9-11-19(29-3)12-10-18/h9-15H,4-8,16H2,1-3H3,(H,27,28)/b17-13+. The molecule has 5 heteroatoms. The van der Waals surface area contributed by atoms with E-state index in [0.29, 0.717) is 13.2 Å². The number of aryl methyl sites for hydroxylation is 2. The van der Waals surface area contributed by atoms with Gasteiger partial charge < -0.3 is 19.2 Å². The van der Waals surface area contributed by atoms with Crippen molar-refractivity contribution in [1.29, 1.82) is 0 Å². The molecule has 5 nitrogen and oxygen atoms in total. The van der Waals surface area contributed by atoms with Gasteiger partial charge in [-0.1, -0.05) is 12.1 Å². The lowest BCUT2D eigenvalue weighted by Crippen LogP contribution is -2.20. The van der Waals surface area contributed by atoms with Gasteiger partial charge in [0, 0.05) is 41.6 Å². The normalized spacial score (nSPS) is 13.7. The van der Waals surface area contributed by atoms with Crippen LogP contribution in [-0.4, -0.2) is 19.6 Å². The van der Waals surface area contributed by atoms with E-state index >= 15 is 0 Å². The molecule has 0 spiro atoms. The van der Waals surface area contributed by atoms with Gasteiger partial charge in [0.15, 0.2) is 0 Å². The van der Waals surface area contributed by atoms with Crippen LogP contribution in [0.25, 0.3) is 16.5 Å².